The first-order chi connectivity index (χ1) is 9.54. The zero-order valence-corrected chi connectivity index (χ0v) is 10.8. The standard InChI is InChI=1S/C10N2O6S2/c13-7-1-3(9(15)17-7)19-5(11-1)6-12-2-4(20-6)10(16)18-8(2)14. The number of nitrogens with zero attached hydrogens (tertiary/aromatic N) is 2. The Labute approximate surface area is 117 Å². The normalized spacial score (nSPS) is 16.2. The molecule has 8 nitrogen and oxygen atoms in total. The molecule has 2 aliphatic rings. The summed E-state index contributed by atoms with van der Waals surface area (Å²) in [5.41, 5.74) is -0.140. The molecule has 20 heavy (non-hydrogen) atoms. The van der Waals surface area contributed by atoms with Gasteiger partial charge in [-0.05, 0) is 0 Å². The van der Waals surface area contributed by atoms with Crippen LogP contribution >= 0.6 is 22.7 Å². The third kappa shape index (κ3) is 1.34. The lowest BCUT2D eigenvalue weighted by molar-refractivity contribution is 0.0424. The zero-order valence-electron chi connectivity index (χ0n) is 9.16. The van der Waals surface area contributed by atoms with Crippen molar-refractivity contribution in [1.29, 1.82) is 0 Å². The average molecular weight is 308 g/mol. The second-order valence-corrected chi connectivity index (χ2v) is 5.75. The van der Waals surface area contributed by atoms with Crippen LogP contribution in [-0.4, -0.2) is 33.8 Å². The number of esters is 4. The van der Waals surface area contributed by atoms with Crippen LogP contribution in [0.3, 0.4) is 0 Å². The summed E-state index contributed by atoms with van der Waals surface area (Å²) >= 11 is 1.85. The molecule has 0 bridgehead atoms. The molecule has 98 valence electrons. The summed E-state index contributed by atoms with van der Waals surface area (Å²) in [4.78, 5) is 53.4. The third-order valence-electron chi connectivity index (χ3n) is 2.57. The second-order valence-electron chi connectivity index (χ2n) is 3.75. The van der Waals surface area contributed by atoms with Crippen molar-refractivity contribution < 1.29 is 28.7 Å². The third-order valence-corrected chi connectivity index (χ3v) is 4.78. The minimum Gasteiger partial charge on any atom is -0.384 e. The van der Waals surface area contributed by atoms with Crippen LogP contribution in [0.1, 0.15) is 40.3 Å². The van der Waals surface area contributed by atoms with E-state index >= 15 is 0 Å². The monoisotopic (exact) mass is 308 g/mol. The molecule has 2 aliphatic heterocycles. The predicted octanol–water partition coefficient (Wildman–Crippen LogP) is 0.888. The smallest absolute Gasteiger partial charge is 0.366 e. The molecule has 0 fully saturated rings. The summed E-state index contributed by atoms with van der Waals surface area (Å²) in [6, 6.07) is 0. The Morgan fingerprint density at radius 1 is 0.650 bits per heavy atom. The molecule has 0 spiro atoms. The van der Waals surface area contributed by atoms with Crippen LogP contribution in [0.4, 0.5) is 0 Å². The minimum absolute atomic E-state index is 0.0701. The first-order valence-corrected chi connectivity index (χ1v) is 6.73. The minimum atomic E-state index is -0.813. The van der Waals surface area contributed by atoms with Crippen molar-refractivity contribution in [3.8, 4) is 10.0 Å². The van der Waals surface area contributed by atoms with Crippen molar-refractivity contribution >= 4 is 46.6 Å². The Bertz CT molecular complexity index is 715. The summed E-state index contributed by atoms with van der Waals surface area (Å²) in [6.45, 7) is 0. The lowest BCUT2D eigenvalue weighted by atomic mass is 10.4. The largest absolute Gasteiger partial charge is 0.384 e. The fourth-order valence-corrected chi connectivity index (χ4v) is 3.61. The Kier molecular flexibility index (Phi) is 2.02. The topological polar surface area (TPSA) is 113 Å². The highest BCUT2D eigenvalue weighted by molar-refractivity contribution is 7.23. The van der Waals surface area contributed by atoms with Gasteiger partial charge in [0, 0.05) is 0 Å². The molecule has 0 amide bonds. The van der Waals surface area contributed by atoms with Gasteiger partial charge in [0.25, 0.3) is 0 Å². The molecule has 0 radical (unpaired) electrons. The van der Waals surface area contributed by atoms with Crippen LogP contribution in [0.2, 0.25) is 0 Å². The van der Waals surface area contributed by atoms with Crippen LogP contribution in [0, 0.1) is 0 Å². The van der Waals surface area contributed by atoms with Gasteiger partial charge in [-0.25, -0.2) is 29.1 Å². The maximum atomic E-state index is 11.3. The second kappa shape index (κ2) is 3.55. The summed E-state index contributed by atoms with van der Waals surface area (Å²) in [5, 5.41) is 0.556. The van der Waals surface area contributed by atoms with E-state index in [-0.39, 0.29) is 31.2 Å². The number of carbonyl (C=O) groups excluding carboxylic acids is 4. The lowest BCUT2D eigenvalue weighted by Crippen LogP contribution is -2.00. The van der Waals surface area contributed by atoms with Crippen LogP contribution in [0.15, 0.2) is 0 Å². The maximum Gasteiger partial charge on any atom is 0.366 e. The molecule has 0 unspecified atom stereocenters. The van der Waals surface area contributed by atoms with E-state index in [1.165, 1.54) is 0 Å². The van der Waals surface area contributed by atoms with Crippen molar-refractivity contribution in [1.82, 2.24) is 9.97 Å². The molecule has 2 aromatic heterocycles. The maximum absolute atomic E-state index is 11.3. The Morgan fingerprint density at radius 3 is 1.40 bits per heavy atom. The van der Waals surface area contributed by atoms with Gasteiger partial charge in [-0.15, -0.1) is 22.7 Å². The molecule has 4 rings (SSSR count). The van der Waals surface area contributed by atoms with E-state index in [0.29, 0.717) is 0 Å². The SMILES string of the molecule is O=C1OC(=O)c2sc(-c3nc4c(s3)C(=O)OC4=O)nc21. The number of cyclic esters (lactones) is 4. The average Bonchev–Trinajstić information content (AvgIpc) is 3.09. The zero-order chi connectivity index (χ0) is 14.0. The van der Waals surface area contributed by atoms with E-state index in [4.69, 9.17) is 0 Å². The summed E-state index contributed by atoms with van der Waals surface area (Å²) in [6.07, 6.45) is 0. The number of hydrogen-bond donors (Lipinski definition) is 0. The molecule has 0 aliphatic carbocycles. The molecular weight excluding hydrogens is 308 g/mol. The molecule has 4 heterocycles. The molecule has 0 atom stereocenters. The van der Waals surface area contributed by atoms with Crippen LogP contribution < -0.4 is 0 Å². The molecule has 0 aromatic carbocycles. The van der Waals surface area contributed by atoms with Gasteiger partial charge in [-0.2, -0.15) is 0 Å². The van der Waals surface area contributed by atoms with Gasteiger partial charge in [0.15, 0.2) is 21.4 Å². The first-order valence-electron chi connectivity index (χ1n) is 5.09. The van der Waals surface area contributed by atoms with Crippen molar-refractivity contribution in [3.63, 3.8) is 0 Å². The van der Waals surface area contributed by atoms with Crippen molar-refractivity contribution in [2.75, 3.05) is 0 Å². The quantitative estimate of drug-likeness (QED) is 0.564. The van der Waals surface area contributed by atoms with Crippen molar-refractivity contribution in [2.24, 2.45) is 0 Å². The van der Waals surface area contributed by atoms with Gasteiger partial charge in [0.05, 0.1) is 0 Å². The first kappa shape index (κ1) is 11.4. The number of aromatic nitrogens is 2. The van der Waals surface area contributed by atoms with E-state index in [1.54, 1.807) is 0 Å². The fraction of sp³-hybridized carbons (Fsp3) is 0. The van der Waals surface area contributed by atoms with Gasteiger partial charge in [-0.1, -0.05) is 0 Å². The van der Waals surface area contributed by atoms with E-state index in [0.717, 1.165) is 22.7 Å². The van der Waals surface area contributed by atoms with Gasteiger partial charge in [-0.3, -0.25) is 0 Å². The van der Waals surface area contributed by atoms with Crippen LogP contribution in [0.5, 0.6) is 0 Å². The number of ether oxygens (including phenoxy) is 2. The highest BCUT2D eigenvalue weighted by Crippen LogP contribution is 2.37. The van der Waals surface area contributed by atoms with E-state index in [1.807, 2.05) is 0 Å². The van der Waals surface area contributed by atoms with E-state index < -0.39 is 23.9 Å². The van der Waals surface area contributed by atoms with Gasteiger partial charge in [0.1, 0.15) is 9.75 Å². The highest BCUT2D eigenvalue weighted by atomic mass is 32.1. The Morgan fingerprint density at radius 2 is 1.05 bits per heavy atom. The van der Waals surface area contributed by atoms with Crippen LogP contribution in [0.25, 0.3) is 10.0 Å². The lowest BCUT2D eigenvalue weighted by Gasteiger charge is -1.91. The highest BCUT2D eigenvalue weighted by Gasteiger charge is 2.38. The molecule has 0 N–H and O–H groups in total. The predicted molar refractivity (Wildman–Crippen MR) is 62.7 cm³/mol. The van der Waals surface area contributed by atoms with E-state index in [2.05, 4.69) is 19.4 Å². The number of carbonyl (C=O) groups is 4. The summed E-state index contributed by atoms with van der Waals surface area (Å²) < 4.78 is 8.77. The molecular formula is C10N2O6S2. The van der Waals surface area contributed by atoms with E-state index in [9.17, 15) is 19.2 Å². The molecule has 0 saturated heterocycles. The van der Waals surface area contributed by atoms with Crippen molar-refractivity contribution in [2.45, 2.75) is 0 Å². The Balaban J connectivity index is 1.84. The molecule has 10 heteroatoms. The van der Waals surface area contributed by atoms with Crippen molar-refractivity contribution in [3.05, 3.63) is 21.1 Å². The Hall–Kier alpha value is -2.46. The molecule has 2 aromatic rings. The number of fused-ring (bicyclic) bond motifs is 2. The molecule has 0 saturated carbocycles. The van der Waals surface area contributed by atoms with Gasteiger partial charge < -0.3 is 9.47 Å². The summed E-state index contributed by atoms with van der Waals surface area (Å²) in [5.74, 6) is -3.14. The number of rotatable bonds is 1. The number of hydrogen-bond acceptors (Lipinski definition) is 10. The summed E-state index contributed by atoms with van der Waals surface area (Å²) in [7, 11) is 0. The fourth-order valence-electron chi connectivity index (χ4n) is 1.73. The van der Waals surface area contributed by atoms with Crippen LogP contribution in [-0.2, 0) is 9.47 Å². The number of thiazole rings is 2. The van der Waals surface area contributed by atoms with Gasteiger partial charge >= 0.3 is 23.9 Å². The van der Waals surface area contributed by atoms with Gasteiger partial charge in [0.2, 0.25) is 0 Å².